The minimum atomic E-state index is -3.49. The molecule has 0 N–H and O–H groups in total. The van der Waals surface area contributed by atoms with E-state index >= 15 is 0 Å². The summed E-state index contributed by atoms with van der Waals surface area (Å²) in [7, 11) is -1.87. The third-order valence-corrected chi connectivity index (χ3v) is 7.10. The highest BCUT2D eigenvalue weighted by molar-refractivity contribution is 8.01. The number of aryl methyl sites for hydroxylation is 1. The van der Waals surface area contributed by atoms with Gasteiger partial charge in [0.05, 0.1) is 17.4 Å². The summed E-state index contributed by atoms with van der Waals surface area (Å²) >= 11 is 1.65. The maximum absolute atomic E-state index is 13.0. The van der Waals surface area contributed by atoms with E-state index in [1.54, 1.807) is 41.4 Å². The summed E-state index contributed by atoms with van der Waals surface area (Å²) < 4.78 is 32.7. The molecule has 2 aromatic rings. The van der Waals surface area contributed by atoms with Crippen molar-refractivity contribution in [2.75, 3.05) is 19.4 Å². The lowest BCUT2D eigenvalue weighted by Gasteiger charge is -2.24. The fourth-order valence-corrected chi connectivity index (χ4v) is 5.99. The second-order valence-corrected chi connectivity index (χ2v) is 8.51. The van der Waals surface area contributed by atoms with E-state index in [-0.39, 0.29) is 5.37 Å². The fourth-order valence-electron chi connectivity index (χ4n) is 2.64. The zero-order valence-corrected chi connectivity index (χ0v) is 14.7. The Bertz CT molecular complexity index is 788. The molecule has 6 heteroatoms. The van der Waals surface area contributed by atoms with Gasteiger partial charge >= 0.3 is 0 Å². The molecule has 0 saturated carbocycles. The van der Waals surface area contributed by atoms with Gasteiger partial charge in [-0.1, -0.05) is 24.3 Å². The molecule has 0 bridgehead atoms. The Morgan fingerprint density at radius 2 is 1.91 bits per heavy atom. The van der Waals surface area contributed by atoms with Crippen LogP contribution < -0.4 is 4.74 Å². The van der Waals surface area contributed by atoms with Gasteiger partial charge in [-0.05, 0) is 42.3 Å². The summed E-state index contributed by atoms with van der Waals surface area (Å²) in [6.45, 7) is 2.43. The molecule has 1 saturated heterocycles. The molecule has 0 spiro atoms. The smallest absolute Gasteiger partial charge is 0.244 e. The summed E-state index contributed by atoms with van der Waals surface area (Å²) in [6.07, 6.45) is 0. The lowest BCUT2D eigenvalue weighted by molar-refractivity contribution is 0.413. The maximum atomic E-state index is 13.0. The van der Waals surface area contributed by atoms with Crippen molar-refractivity contribution in [3.8, 4) is 5.75 Å². The van der Waals surface area contributed by atoms with Crippen LogP contribution in [0, 0.1) is 6.92 Å². The van der Waals surface area contributed by atoms with E-state index < -0.39 is 10.0 Å². The monoisotopic (exact) mass is 349 g/mol. The molecule has 1 aliphatic rings. The average Bonchev–Trinajstić information content (AvgIpc) is 3.05. The van der Waals surface area contributed by atoms with Gasteiger partial charge < -0.3 is 4.74 Å². The maximum Gasteiger partial charge on any atom is 0.244 e. The van der Waals surface area contributed by atoms with Gasteiger partial charge in [0.1, 0.15) is 5.75 Å². The third kappa shape index (κ3) is 3.24. The van der Waals surface area contributed by atoms with Gasteiger partial charge in [-0.3, -0.25) is 0 Å². The number of rotatable bonds is 4. The number of benzene rings is 2. The van der Waals surface area contributed by atoms with E-state index in [4.69, 9.17) is 4.74 Å². The Balaban J connectivity index is 1.94. The highest BCUT2D eigenvalue weighted by Crippen LogP contribution is 2.41. The molecule has 1 fully saturated rings. The number of nitrogens with zero attached hydrogens (tertiary/aromatic N) is 1. The zero-order chi connectivity index (χ0) is 16.4. The van der Waals surface area contributed by atoms with Crippen LogP contribution in [0.4, 0.5) is 0 Å². The Kier molecular flexibility index (Phi) is 4.66. The summed E-state index contributed by atoms with van der Waals surface area (Å²) in [5, 5.41) is -0.189. The quantitative estimate of drug-likeness (QED) is 0.848. The molecule has 1 aliphatic heterocycles. The number of methoxy groups -OCH3 is 1. The first kappa shape index (κ1) is 16.4. The molecule has 1 atom stereocenters. The second-order valence-electron chi connectivity index (χ2n) is 5.43. The van der Waals surface area contributed by atoms with Gasteiger partial charge in [0.25, 0.3) is 0 Å². The van der Waals surface area contributed by atoms with Gasteiger partial charge in [0.2, 0.25) is 10.0 Å². The van der Waals surface area contributed by atoms with E-state index in [2.05, 4.69) is 0 Å². The Hall–Kier alpha value is -1.50. The topological polar surface area (TPSA) is 46.6 Å². The van der Waals surface area contributed by atoms with E-state index in [9.17, 15) is 8.42 Å². The predicted molar refractivity (Wildman–Crippen MR) is 93.3 cm³/mol. The van der Waals surface area contributed by atoms with Gasteiger partial charge in [-0.2, -0.15) is 4.31 Å². The fraction of sp³-hybridized carbons (Fsp3) is 0.294. The van der Waals surface area contributed by atoms with Crippen LogP contribution in [0.25, 0.3) is 0 Å². The van der Waals surface area contributed by atoms with Crippen LogP contribution in [0.5, 0.6) is 5.75 Å². The molecule has 23 heavy (non-hydrogen) atoms. The first-order chi connectivity index (χ1) is 11.0. The van der Waals surface area contributed by atoms with Crippen LogP contribution >= 0.6 is 11.8 Å². The van der Waals surface area contributed by atoms with E-state index in [1.165, 1.54) is 0 Å². The van der Waals surface area contributed by atoms with Crippen LogP contribution in [-0.2, 0) is 10.0 Å². The normalized spacial score (nSPS) is 19.0. The van der Waals surface area contributed by atoms with Crippen LogP contribution in [0.1, 0.15) is 16.5 Å². The molecule has 3 rings (SSSR count). The van der Waals surface area contributed by atoms with Crippen molar-refractivity contribution in [3.05, 3.63) is 59.7 Å². The van der Waals surface area contributed by atoms with Gasteiger partial charge in [-0.15, -0.1) is 11.8 Å². The number of hydrogen-bond donors (Lipinski definition) is 0. The Morgan fingerprint density at radius 3 is 2.57 bits per heavy atom. The van der Waals surface area contributed by atoms with E-state index in [0.29, 0.717) is 11.4 Å². The first-order valence-corrected chi connectivity index (χ1v) is 9.85. The van der Waals surface area contributed by atoms with Crippen molar-refractivity contribution in [2.24, 2.45) is 0 Å². The number of sulfonamides is 1. The highest BCUT2D eigenvalue weighted by atomic mass is 32.2. The summed E-state index contributed by atoms with van der Waals surface area (Å²) in [5.41, 5.74) is 1.92. The molecule has 2 aromatic carbocycles. The van der Waals surface area contributed by atoms with E-state index in [1.807, 2.05) is 37.3 Å². The lowest BCUT2D eigenvalue weighted by atomic mass is 10.2. The van der Waals surface area contributed by atoms with Crippen molar-refractivity contribution in [3.63, 3.8) is 0 Å². The summed E-state index contributed by atoms with van der Waals surface area (Å²) in [4.78, 5) is 0.360. The van der Waals surface area contributed by atoms with Crippen molar-refractivity contribution < 1.29 is 13.2 Å². The molecular formula is C17H19NO3S2. The minimum Gasteiger partial charge on any atom is -0.497 e. The molecule has 0 aliphatic carbocycles. The van der Waals surface area contributed by atoms with Crippen molar-refractivity contribution in [1.82, 2.24) is 4.31 Å². The predicted octanol–water partition coefficient (Wildman–Crippen LogP) is 3.44. The van der Waals surface area contributed by atoms with Crippen LogP contribution in [-0.4, -0.2) is 32.1 Å². The number of ether oxygens (including phenoxy) is 1. The van der Waals surface area contributed by atoms with Crippen LogP contribution in [0.3, 0.4) is 0 Å². The molecular weight excluding hydrogens is 330 g/mol. The summed E-state index contributed by atoms with van der Waals surface area (Å²) in [5.74, 6) is 1.56. The van der Waals surface area contributed by atoms with Crippen LogP contribution in [0.2, 0.25) is 0 Å². The molecule has 0 radical (unpaired) electrons. The summed E-state index contributed by atoms with van der Waals surface area (Å²) in [6, 6.07) is 14.7. The highest BCUT2D eigenvalue weighted by Gasteiger charge is 2.36. The van der Waals surface area contributed by atoms with Crippen molar-refractivity contribution in [2.45, 2.75) is 17.2 Å². The zero-order valence-electron chi connectivity index (χ0n) is 13.1. The lowest BCUT2D eigenvalue weighted by Crippen LogP contribution is -2.30. The molecule has 0 amide bonds. The van der Waals surface area contributed by atoms with Gasteiger partial charge in [0, 0.05) is 12.3 Å². The first-order valence-electron chi connectivity index (χ1n) is 7.36. The molecule has 4 nitrogen and oxygen atoms in total. The standard InChI is InChI=1S/C17H19NO3S2/c1-13-4-3-5-16(12-13)23(19,20)18-10-11-22-17(18)14-6-8-15(21-2)9-7-14/h3-9,12,17H,10-11H2,1-2H3. The Labute approximate surface area is 141 Å². The molecule has 1 unspecified atom stereocenters. The third-order valence-electron chi connectivity index (χ3n) is 3.85. The molecule has 1 heterocycles. The number of thioether (sulfide) groups is 1. The Morgan fingerprint density at radius 1 is 1.17 bits per heavy atom. The van der Waals surface area contributed by atoms with Gasteiger partial charge in [0.15, 0.2) is 0 Å². The van der Waals surface area contributed by atoms with Crippen molar-refractivity contribution >= 4 is 21.8 Å². The van der Waals surface area contributed by atoms with Gasteiger partial charge in [-0.25, -0.2) is 8.42 Å². The molecule has 122 valence electrons. The second kappa shape index (κ2) is 6.55. The SMILES string of the molecule is COc1ccc(C2SCCN2S(=O)(=O)c2cccc(C)c2)cc1. The minimum absolute atomic E-state index is 0.189. The molecule has 0 aromatic heterocycles. The van der Waals surface area contributed by atoms with E-state index in [0.717, 1.165) is 22.6 Å². The van der Waals surface area contributed by atoms with Crippen molar-refractivity contribution in [1.29, 1.82) is 0 Å². The van der Waals surface area contributed by atoms with Crippen LogP contribution in [0.15, 0.2) is 53.4 Å². The number of hydrogen-bond acceptors (Lipinski definition) is 4. The largest absolute Gasteiger partial charge is 0.497 e. The average molecular weight is 349 g/mol.